The van der Waals surface area contributed by atoms with Crippen molar-refractivity contribution in [1.29, 1.82) is 0 Å². The number of aromatic hydroxyl groups is 1. The molecule has 1 saturated heterocycles. The fraction of sp³-hybridized carbons (Fsp3) is 0.286. The van der Waals surface area contributed by atoms with Crippen LogP contribution in [-0.2, 0) is 58.0 Å². The normalized spacial score (nSPS) is 13.7. The van der Waals surface area contributed by atoms with Gasteiger partial charge in [-0.05, 0) is 161 Å². The van der Waals surface area contributed by atoms with Crippen LogP contribution >= 0.6 is 95.6 Å². The lowest BCUT2D eigenvalue weighted by Crippen LogP contribution is -2.41. The fourth-order valence-electron chi connectivity index (χ4n) is 12.3. The molecule has 1 fully saturated rings. The number of esters is 1. The minimum Gasteiger partial charge on any atom is -0.506 e. The molecule has 16 rings (SSSR count). The van der Waals surface area contributed by atoms with Gasteiger partial charge in [-0.25, -0.2) is 0 Å². The number of phenolic OH excluding ortho intramolecular Hbond substituents is 1. The predicted molar refractivity (Wildman–Crippen MR) is 434 cm³/mol. The number of benzene rings is 7. The lowest BCUT2D eigenvalue weighted by Gasteiger charge is -2.32. The summed E-state index contributed by atoms with van der Waals surface area (Å²) in [5.74, 6) is 4.74. The molecule has 12 aromatic rings. The Balaban J connectivity index is 0.000000133. The van der Waals surface area contributed by atoms with Crippen molar-refractivity contribution in [3.8, 4) is 40.2 Å². The minimum atomic E-state index is -0.483. The van der Waals surface area contributed by atoms with Crippen LogP contribution in [0.4, 0.5) is 5.69 Å². The third-order valence-corrected chi connectivity index (χ3v) is 22.1. The monoisotopic (exact) mass is 1810 g/mol. The largest absolute Gasteiger partial charge is 0.506 e. The smallest absolute Gasteiger partial charge is 0.495 e. The molecular weight excluding hydrogens is 1740 g/mol. The van der Waals surface area contributed by atoms with Crippen molar-refractivity contribution >= 4 is 180 Å². The van der Waals surface area contributed by atoms with E-state index in [1.165, 1.54) is 35.2 Å². The van der Waals surface area contributed by atoms with Gasteiger partial charge in [-0.1, -0.05) is 114 Å². The van der Waals surface area contributed by atoms with E-state index in [-0.39, 0.29) is 61.2 Å². The molecule has 4 aliphatic rings. The first-order valence-corrected chi connectivity index (χ1v) is 38.1. The summed E-state index contributed by atoms with van der Waals surface area (Å²) in [5.41, 5.74) is 7.96. The van der Waals surface area contributed by atoms with Crippen LogP contribution in [0.5, 0.6) is 40.2 Å². The molecule has 3 aliphatic heterocycles. The Bertz CT molecular complexity index is 5110. The molecule has 3 N–H and O–H groups in total. The number of carbonyl (C=O) groups excluding carboxylic acids is 1. The van der Waals surface area contributed by atoms with Crippen molar-refractivity contribution < 1.29 is 67.5 Å². The molecule has 105 heavy (non-hydrogen) atoms. The third-order valence-electron chi connectivity index (χ3n) is 18.1. The van der Waals surface area contributed by atoms with Gasteiger partial charge < -0.3 is 80.6 Å². The quantitative estimate of drug-likeness (QED) is 0.0422. The molecule has 1 aliphatic carbocycles. The number of fused-ring (bicyclic) bond motifs is 4. The second kappa shape index (κ2) is 35.8. The first-order chi connectivity index (χ1) is 50.4. The molecule has 0 amide bonds. The van der Waals surface area contributed by atoms with E-state index in [1.54, 1.807) is 52.5 Å². The van der Waals surface area contributed by atoms with E-state index in [1.807, 2.05) is 105 Å². The van der Waals surface area contributed by atoms with Crippen molar-refractivity contribution in [2.75, 3.05) is 61.5 Å². The summed E-state index contributed by atoms with van der Waals surface area (Å²) >= 11 is 20.6. The average molecular weight is 1820 g/mol. The van der Waals surface area contributed by atoms with Crippen LogP contribution in [0.3, 0.4) is 0 Å². The molecule has 8 heterocycles. The fourth-order valence-corrected chi connectivity index (χ4v) is 15.0. The molecule has 0 saturated carbocycles. The minimum absolute atomic E-state index is 0.0353. The van der Waals surface area contributed by atoms with E-state index in [0.717, 1.165) is 133 Å². The zero-order valence-corrected chi connectivity index (χ0v) is 68.7. The van der Waals surface area contributed by atoms with Crippen molar-refractivity contribution in [3.05, 3.63) is 206 Å². The van der Waals surface area contributed by atoms with E-state index in [0.29, 0.717) is 24.2 Å². The number of phenols is 1. The number of hydrogen-bond acceptors (Lipinski definition) is 15. The number of nitro groups is 1. The highest BCUT2D eigenvalue weighted by Crippen LogP contribution is 2.41. The maximum atomic E-state index is 11.5. The van der Waals surface area contributed by atoms with Crippen molar-refractivity contribution in [3.63, 3.8) is 0 Å². The number of aliphatic hydroxyl groups is 2. The molecule has 0 radical (unpaired) electrons. The van der Waals surface area contributed by atoms with E-state index < -0.39 is 4.92 Å². The maximum absolute atomic E-state index is 11.5. The number of allylic oxidation sites excluding steroid dienone is 1. The Labute approximate surface area is 658 Å². The topological polar surface area (TPSA) is 229 Å². The summed E-state index contributed by atoms with van der Waals surface area (Å²) in [4.78, 5) is 21.5. The van der Waals surface area contributed by atoms with Gasteiger partial charge in [-0.15, -0.1) is 0 Å². The number of methoxy groups -OCH3 is 4. The maximum Gasteiger partial charge on any atom is 0.495 e. The Morgan fingerprint density at radius 2 is 1.00 bits per heavy atom. The van der Waals surface area contributed by atoms with E-state index >= 15 is 0 Å². The lowest BCUT2D eigenvalue weighted by atomic mass is 9.77. The third kappa shape index (κ3) is 17.9. The van der Waals surface area contributed by atoms with Gasteiger partial charge in [0.25, 0.3) is 0 Å². The van der Waals surface area contributed by atoms with Gasteiger partial charge in [-0.2, -0.15) is 0 Å². The molecular formula is C77H79BBr6N6O15. The number of rotatable bonds is 13. The number of carbonyl (C=O) groups is 1. The molecule has 0 bridgehead atoms. The number of hydrogen-bond donors (Lipinski definition) is 3. The SMILES string of the molecule is Brc1ccc2c3c1ccn3CCO2.CC1(C)OB(c2ccc3c4c2ccn4CCO3)OC1(C)C.CCOC(=O)Cn1ccc2c(Br)ccc(OC)c21.COc1ccc(Br)c2c1CC=C2.COc1ccc(Br)c2ccn(CCO)c12.COc1ccc(Br)cc1[N+](=O)[O-].OCCn1ccc2c(Br)ccc(O)c21. The molecule has 28 heteroatoms. The van der Waals surface area contributed by atoms with Gasteiger partial charge in [-0.3, -0.25) is 14.9 Å². The summed E-state index contributed by atoms with van der Waals surface area (Å²) in [6, 6.07) is 38.0. The van der Waals surface area contributed by atoms with Crippen LogP contribution in [0.25, 0.3) is 60.6 Å². The summed E-state index contributed by atoms with van der Waals surface area (Å²) in [6.07, 6.45) is 15.2. The van der Waals surface area contributed by atoms with Gasteiger partial charge in [0.1, 0.15) is 54.3 Å². The van der Waals surface area contributed by atoms with Crippen molar-refractivity contribution in [1.82, 2.24) is 22.8 Å². The first-order valence-electron chi connectivity index (χ1n) is 33.4. The van der Waals surface area contributed by atoms with Crippen LogP contribution in [0.2, 0.25) is 0 Å². The summed E-state index contributed by atoms with van der Waals surface area (Å²) in [6.45, 7) is 15.3. The van der Waals surface area contributed by atoms with Crippen molar-refractivity contribution in [2.45, 2.75) is 85.0 Å². The number of nitrogens with zero attached hydrogens (tertiary/aromatic N) is 6. The van der Waals surface area contributed by atoms with Gasteiger partial charge in [0.2, 0.25) is 0 Å². The number of aromatic nitrogens is 5. The van der Waals surface area contributed by atoms with Crippen LogP contribution in [0.1, 0.15) is 45.7 Å². The lowest BCUT2D eigenvalue weighted by molar-refractivity contribution is -0.385. The number of aliphatic hydroxyl groups excluding tert-OH is 2. The molecule has 7 aromatic carbocycles. The van der Waals surface area contributed by atoms with Gasteiger partial charge >= 0.3 is 18.8 Å². The van der Waals surface area contributed by atoms with Crippen LogP contribution in [0, 0.1) is 10.1 Å². The Morgan fingerprint density at radius 1 is 0.552 bits per heavy atom. The average Bonchev–Trinajstić information content (AvgIpc) is 1.59. The van der Waals surface area contributed by atoms with E-state index in [9.17, 15) is 20.0 Å². The summed E-state index contributed by atoms with van der Waals surface area (Å²) in [7, 11) is 6.04. The van der Waals surface area contributed by atoms with E-state index in [4.69, 9.17) is 52.7 Å². The van der Waals surface area contributed by atoms with Gasteiger partial charge in [0.05, 0.1) is 105 Å². The number of ether oxygens (including phenoxy) is 7. The highest BCUT2D eigenvalue weighted by atomic mass is 79.9. The summed E-state index contributed by atoms with van der Waals surface area (Å²) < 4.78 is 65.3. The van der Waals surface area contributed by atoms with Gasteiger partial charge in [0, 0.05) is 109 Å². The Morgan fingerprint density at radius 3 is 1.54 bits per heavy atom. The highest BCUT2D eigenvalue weighted by Gasteiger charge is 2.52. The number of nitro benzene ring substituents is 1. The molecule has 552 valence electrons. The molecule has 5 aromatic heterocycles. The Kier molecular flexibility index (Phi) is 27.2. The van der Waals surface area contributed by atoms with Crippen LogP contribution in [0.15, 0.2) is 185 Å². The second-order valence-electron chi connectivity index (χ2n) is 24.9. The van der Waals surface area contributed by atoms with Crippen LogP contribution in [-0.4, -0.2) is 129 Å². The molecule has 0 unspecified atom stereocenters. The van der Waals surface area contributed by atoms with Gasteiger partial charge in [0.15, 0.2) is 5.75 Å². The molecule has 21 nitrogen and oxygen atoms in total. The first kappa shape index (κ1) is 79.8. The van der Waals surface area contributed by atoms with Crippen LogP contribution < -0.4 is 33.9 Å². The summed E-state index contributed by atoms with van der Waals surface area (Å²) in [5, 5.41) is 43.4. The Hall–Kier alpha value is -7.77. The second-order valence-corrected chi connectivity index (χ2v) is 30.1. The zero-order valence-electron chi connectivity index (χ0n) is 59.1. The predicted octanol–water partition coefficient (Wildman–Crippen LogP) is 18.0. The van der Waals surface area contributed by atoms with E-state index in [2.05, 4.69) is 175 Å². The zero-order chi connectivity index (χ0) is 75.4. The molecule has 0 spiro atoms. The number of halogens is 6. The highest BCUT2D eigenvalue weighted by molar-refractivity contribution is 9.11. The molecule has 0 atom stereocenters. The standard InChI is InChI=1S/C16H20BNO3.C13H14BrNO3.C11H12BrNO2.C10H10BrNO2.C10H8BrNO.C10H9BrO.C7H6BrNO3/c1-15(2)16(3,4)21-17(20-15)12-5-6-13-14-11(12)7-8-18(14)9-10-19-13;1-3-18-12(16)8-15-7-6-9-10(14)4-5-11(17-2)13(9)15;1-15-10-3-2-9(12)8-4-5-13(6-7-14)11(8)10;11-8-1-2-9(14)10-7(8)3-4-12(10)5-6-13;11-8-1-2-9-10-7(8)3-4-12(10)5-6-13-9;1-12-10-6-5-9(11)7-3-2-4-8(7)10;1-12-7-3-2-5(8)4-6(7)9(10)11/h5-8H,9-10H2,1-4H3;4-7H,3,8H2,1-2H3;2-5,14H,6-7H2,1H3;1-4,13-14H,5-6H2;1-4H,5-6H2;2-3,5-6H,4H2,1H3;2-4H,1H3. The van der Waals surface area contributed by atoms with Crippen molar-refractivity contribution in [2.24, 2.45) is 0 Å².